The maximum Gasteiger partial charge on any atom is 0.232 e. The fraction of sp³-hybridized carbons (Fsp3) is 0.222. The van der Waals surface area contributed by atoms with E-state index in [4.69, 9.17) is 0 Å². The van der Waals surface area contributed by atoms with Gasteiger partial charge in [0.25, 0.3) is 0 Å². The minimum Gasteiger partial charge on any atom is -0.326 e. The highest BCUT2D eigenvalue weighted by atomic mass is 32.2. The van der Waals surface area contributed by atoms with Crippen LogP contribution >= 0.6 is 0 Å². The SMILES string of the molecule is CC(=O)c1cccc(NC(=O)CCN(c2ccc(F)cc2F)S(C)(=O)=O)c1. The monoisotopic (exact) mass is 396 g/mol. The molecule has 0 aliphatic heterocycles. The second-order valence-corrected chi connectivity index (χ2v) is 7.77. The highest BCUT2D eigenvalue weighted by Crippen LogP contribution is 2.23. The van der Waals surface area contributed by atoms with Gasteiger partial charge in [-0.15, -0.1) is 0 Å². The Labute approximate surface area is 155 Å². The topological polar surface area (TPSA) is 83.6 Å². The number of rotatable bonds is 7. The summed E-state index contributed by atoms with van der Waals surface area (Å²) in [5.74, 6) is -2.57. The predicted octanol–water partition coefficient (Wildman–Crippen LogP) is 2.96. The van der Waals surface area contributed by atoms with Gasteiger partial charge in [0.2, 0.25) is 15.9 Å². The Balaban J connectivity index is 2.12. The van der Waals surface area contributed by atoms with E-state index in [1.165, 1.54) is 13.0 Å². The van der Waals surface area contributed by atoms with Crippen molar-refractivity contribution in [1.29, 1.82) is 0 Å². The zero-order chi connectivity index (χ0) is 20.2. The fourth-order valence-electron chi connectivity index (χ4n) is 2.39. The highest BCUT2D eigenvalue weighted by Gasteiger charge is 2.22. The number of carbonyl (C=O) groups is 2. The molecule has 0 bridgehead atoms. The number of hydrogen-bond acceptors (Lipinski definition) is 4. The van der Waals surface area contributed by atoms with Crippen molar-refractivity contribution in [3.8, 4) is 0 Å². The standard InChI is InChI=1S/C18H18F2N2O4S/c1-12(23)13-4-3-5-15(10-13)21-18(24)8-9-22(27(2,25)26)17-7-6-14(19)11-16(17)20/h3-7,10-11H,8-9H2,1-2H3,(H,21,24). The zero-order valence-electron chi connectivity index (χ0n) is 14.7. The van der Waals surface area contributed by atoms with E-state index in [0.29, 0.717) is 21.6 Å². The molecule has 0 radical (unpaired) electrons. The summed E-state index contributed by atoms with van der Waals surface area (Å²) in [5, 5.41) is 2.55. The molecule has 0 aromatic heterocycles. The quantitative estimate of drug-likeness (QED) is 0.730. The van der Waals surface area contributed by atoms with Gasteiger partial charge in [0.1, 0.15) is 11.6 Å². The molecule has 0 fully saturated rings. The van der Waals surface area contributed by atoms with Crippen LogP contribution in [0.1, 0.15) is 23.7 Å². The Bertz CT molecular complexity index is 977. The number of halogens is 2. The van der Waals surface area contributed by atoms with Gasteiger partial charge in [-0.05, 0) is 31.2 Å². The summed E-state index contributed by atoms with van der Waals surface area (Å²) in [5.41, 5.74) is 0.454. The number of amides is 1. The van der Waals surface area contributed by atoms with E-state index in [1.54, 1.807) is 18.2 Å². The summed E-state index contributed by atoms with van der Waals surface area (Å²) in [6, 6.07) is 8.78. The number of ketones is 1. The Hall–Kier alpha value is -2.81. The summed E-state index contributed by atoms with van der Waals surface area (Å²) in [7, 11) is -3.89. The summed E-state index contributed by atoms with van der Waals surface area (Å²) >= 11 is 0. The predicted molar refractivity (Wildman–Crippen MR) is 98.2 cm³/mol. The smallest absolute Gasteiger partial charge is 0.232 e. The lowest BCUT2D eigenvalue weighted by molar-refractivity contribution is -0.116. The van der Waals surface area contributed by atoms with Crippen LogP contribution in [0.15, 0.2) is 42.5 Å². The van der Waals surface area contributed by atoms with Gasteiger partial charge in [-0.3, -0.25) is 13.9 Å². The minimum absolute atomic E-state index is 0.166. The van der Waals surface area contributed by atoms with E-state index in [-0.39, 0.29) is 24.4 Å². The summed E-state index contributed by atoms with van der Waals surface area (Å²) < 4.78 is 51.6. The first-order chi connectivity index (χ1) is 12.6. The maximum absolute atomic E-state index is 13.9. The van der Waals surface area contributed by atoms with Crippen LogP contribution in [-0.2, 0) is 14.8 Å². The number of benzene rings is 2. The van der Waals surface area contributed by atoms with E-state index in [9.17, 15) is 26.8 Å². The van der Waals surface area contributed by atoms with Crippen molar-refractivity contribution in [3.05, 3.63) is 59.7 Å². The summed E-state index contributed by atoms with van der Waals surface area (Å²) in [6.45, 7) is 1.06. The Morgan fingerprint density at radius 2 is 1.81 bits per heavy atom. The summed E-state index contributed by atoms with van der Waals surface area (Å²) in [6.07, 6.45) is 0.595. The van der Waals surface area contributed by atoms with Crippen molar-refractivity contribution in [3.63, 3.8) is 0 Å². The molecule has 1 N–H and O–H groups in total. The molecule has 0 spiro atoms. The van der Waals surface area contributed by atoms with Gasteiger partial charge in [-0.25, -0.2) is 17.2 Å². The average Bonchev–Trinajstić information content (AvgIpc) is 2.55. The number of nitrogens with one attached hydrogen (secondary N) is 1. The van der Waals surface area contributed by atoms with Crippen LogP contribution in [0, 0.1) is 11.6 Å². The van der Waals surface area contributed by atoms with Crippen molar-refractivity contribution in [2.45, 2.75) is 13.3 Å². The first kappa shape index (κ1) is 20.5. The molecule has 0 aliphatic carbocycles. The number of hydrogen-bond donors (Lipinski definition) is 1. The van der Waals surface area contributed by atoms with Crippen LogP contribution in [0.2, 0.25) is 0 Å². The molecule has 1 amide bonds. The molecule has 6 nitrogen and oxygen atoms in total. The van der Waals surface area contributed by atoms with Gasteiger partial charge in [-0.2, -0.15) is 0 Å². The lowest BCUT2D eigenvalue weighted by Crippen LogP contribution is -2.33. The molecule has 2 aromatic rings. The van der Waals surface area contributed by atoms with Gasteiger partial charge in [-0.1, -0.05) is 12.1 Å². The molecule has 2 aromatic carbocycles. The zero-order valence-corrected chi connectivity index (χ0v) is 15.5. The van der Waals surface area contributed by atoms with Crippen molar-refractivity contribution >= 4 is 33.1 Å². The van der Waals surface area contributed by atoms with Gasteiger partial charge >= 0.3 is 0 Å². The Morgan fingerprint density at radius 1 is 1.11 bits per heavy atom. The molecule has 0 atom stereocenters. The second-order valence-electron chi connectivity index (χ2n) is 5.87. The molecule has 0 saturated carbocycles. The average molecular weight is 396 g/mol. The van der Waals surface area contributed by atoms with Crippen LogP contribution < -0.4 is 9.62 Å². The van der Waals surface area contributed by atoms with E-state index in [2.05, 4.69) is 5.32 Å². The molecule has 0 aliphatic rings. The molecule has 9 heteroatoms. The third-order valence-corrected chi connectivity index (χ3v) is 4.85. The molecular formula is C18H18F2N2O4S. The molecule has 144 valence electrons. The lowest BCUT2D eigenvalue weighted by Gasteiger charge is -2.22. The molecular weight excluding hydrogens is 378 g/mol. The van der Waals surface area contributed by atoms with E-state index in [1.807, 2.05) is 0 Å². The minimum atomic E-state index is -3.89. The van der Waals surface area contributed by atoms with Gasteiger partial charge in [0, 0.05) is 30.3 Å². The van der Waals surface area contributed by atoms with Gasteiger partial charge < -0.3 is 5.32 Å². The highest BCUT2D eigenvalue weighted by molar-refractivity contribution is 7.92. The number of Topliss-reactive ketones (excluding diaryl/α,β-unsaturated/α-hetero) is 1. The van der Waals surface area contributed by atoms with E-state index >= 15 is 0 Å². The van der Waals surface area contributed by atoms with Gasteiger partial charge in [0.15, 0.2) is 5.78 Å². The summed E-state index contributed by atoms with van der Waals surface area (Å²) in [4.78, 5) is 23.5. The van der Waals surface area contributed by atoms with Crippen LogP contribution in [0.25, 0.3) is 0 Å². The number of nitrogens with zero attached hydrogens (tertiary/aromatic N) is 1. The normalized spacial score (nSPS) is 11.1. The third-order valence-electron chi connectivity index (χ3n) is 3.67. The van der Waals surface area contributed by atoms with E-state index in [0.717, 1.165) is 18.4 Å². The molecule has 0 heterocycles. The number of anilines is 2. The lowest BCUT2D eigenvalue weighted by atomic mass is 10.1. The molecule has 2 rings (SSSR count). The van der Waals surface area contributed by atoms with Gasteiger partial charge in [0.05, 0.1) is 11.9 Å². The van der Waals surface area contributed by atoms with Crippen LogP contribution in [-0.4, -0.2) is 32.9 Å². The Morgan fingerprint density at radius 3 is 2.41 bits per heavy atom. The van der Waals surface area contributed by atoms with Crippen molar-refractivity contribution < 1.29 is 26.8 Å². The first-order valence-electron chi connectivity index (χ1n) is 7.91. The first-order valence-corrected chi connectivity index (χ1v) is 9.76. The fourth-order valence-corrected chi connectivity index (χ4v) is 3.32. The second kappa shape index (κ2) is 8.26. The largest absolute Gasteiger partial charge is 0.326 e. The van der Waals surface area contributed by atoms with Crippen molar-refractivity contribution in [1.82, 2.24) is 0 Å². The van der Waals surface area contributed by atoms with Crippen LogP contribution in [0.3, 0.4) is 0 Å². The van der Waals surface area contributed by atoms with Crippen LogP contribution in [0.4, 0.5) is 20.2 Å². The van der Waals surface area contributed by atoms with Crippen molar-refractivity contribution in [2.75, 3.05) is 22.4 Å². The molecule has 27 heavy (non-hydrogen) atoms. The number of sulfonamides is 1. The molecule has 0 saturated heterocycles. The van der Waals surface area contributed by atoms with E-state index < -0.39 is 27.6 Å². The number of carbonyl (C=O) groups excluding carboxylic acids is 2. The molecule has 0 unspecified atom stereocenters. The Kier molecular flexibility index (Phi) is 6.27. The third kappa shape index (κ3) is 5.58. The van der Waals surface area contributed by atoms with Crippen molar-refractivity contribution in [2.24, 2.45) is 0 Å². The maximum atomic E-state index is 13.9. The van der Waals surface area contributed by atoms with Crippen LogP contribution in [0.5, 0.6) is 0 Å².